The highest BCUT2D eigenvalue weighted by molar-refractivity contribution is 6.16. The molecule has 0 heterocycles. The highest BCUT2D eigenvalue weighted by Gasteiger charge is 2.62. The SMILES string of the molecule is C=C(N)C1=C(O)[C@@H](N(C)C)[C@@H]2C[C@@H]3Cc4c(CC)cc(CC)c(O)c4C(=O)C3=C(O)[C@]2(O)C1=O. The average Bonchev–Trinajstić information content (AvgIpc) is 2.76. The van der Waals surface area contributed by atoms with E-state index in [1.54, 1.807) is 19.0 Å². The van der Waals surface area contributed by atoms with Crippen LogP contribution in [-0.2, 0) is 24.1 Å². The second-order valence-corrected chi connectivity index (χ2v) is 9.73. The van der Waals surface area contributed by atoms with Crippen LogP contribution >= 0.6 is 0 Å². The van der Waals surface area contributed by atoms with Crippen molar-refractivity contribution in [2.24, 2.45) is 17.6 Å². The Morgan fingerprint density at radius 2 is 1.79 bits per heavy atom. The molecular formula is C26H32N2O6. The molecule has 0 aliphatic heterocycles. The standard InChI is InChI=1S/C26H32N2O6/c1-6-12-8-13(7-2)21(29)19-15(12)9-14-10-16-20(28(4)5)23(31)17(11(3)27)24(32)26(16,34)25(33)18(14)22(19)30/h8,14,16,20,29,31,33-34H,3,6-7,9-10,27H2,1-2,4-5H3/t14-,16-,20-,26+/m0/s1. The Balaban J connectivity index is 1.99. The van der Waals surface area contributed by atoms with Gasteiger partial charge in [-0.1, -0.05) is 26.5 Å². The summed E-state index contributed by atoms with van der Waals surface area (Å²) in [7, 11) is 3.37. The van der Waals surface area contributed by atoms with Crippen molar-refractivity contribution >= 4 is 11.6 Å². The Kier molecular flexibility index (Phi) is 5.65. The number of fused-ring (bicyclic) bond motifs is 3. The van der Waals surface area contributed by atoms with Crippen molar-refractivity contribution in [2.75, 3.05) is 14.1 Å². The lowest BCUT2D eigenvalue weighted by Gasteiger charge is -2.50. The molecule has 0 unspecified atom stereocenters. The van der Waals surface area contributed by atoms with Crippen molar-refractivity contribution in [3.8, 4) is 5.75 Å². The van der Waals surface area contributed by atoms with Gasteiger partial charge in [-0.3, -0.25) is 14.5 Å². The number of rotatable bonds is 4. The van der Waals surface area contributed by atoms with Gasteiger partial charge in [-0.2, -0.15) is 0 Å². The summed E-state index contributed by atoms with van der Waals surface area (Å²) in [5.74, 6) is -4.14. The van der Waals surface area contributed by atoms with Crippen molar-refractivity contribution in [3.05, 3.63) is 63.3 Å². The monoisotopic (exact) mass is 468 g/mol. The van der Waals surface area contributed by atoms with E-state index in [2.05, 4.69) is 6.58 Å². The number of carbonyl (C=O) groups is 2. The summed E-state index contributed by atoms with van der Waals surface area (Å²) < 4.78 is 0. The number of hydrogen-bond acceptors (Lipinski definition) is 8. The largest absolute Gasteiger partial charge is 0.510 e. The van der Waals surface area contributed by atoms with Gasteiger partial charge in [-0.05, 0) is 62.4 Å². The minimum atomic E-state index is -2.45. The van der Waals surface area contributed by atoms with Crippen LogP contribution in [0.4, 0.5) is 0 Å². The van der Waals surface area contributed by atoms with Crippen molar-refractivity contribution in [2.45, 2.75) is 51.2 Å². The molecule has 6 N–H and O–H groups in total. The summed E-state index contributed by atoms with van der Waals surface area (Å²) in [5, 5.41) is 44.9. The number of allylic oxidation sites excluding steroid dienone is 2. The molecule has 1 aromatic carbocycles. The number of Topliss-reactive ketones (excluding diaryl/α,β-unsaturated/α-hetero) is 2. The Bertz CT molecular complexity index is 1190. The molecule has 8 heteroatoms. The van der Waals surface area contributed by atoms with E-state index in [9.17, 15) is 30.0 Å². The molecule has 4 atom stereocenters. The lowest BCUT2D eigenvalue weighted by Crippen LogP contribution is -2.63. The number of nitrogens with two attached hydrogens (primary N) is 1. The number of carbonyl (C=O) groups excluding carboxylic acids is 2. The van der Waals surface area contributed by atoms with Crippen LogP contribution < -0.4 is 5.73 Å². The molecule has 3 aliphatic carbocycles. The predicted octanol–water partition coefficient (Wildman–Crippen LogP) is 2.23. The van der Waals surface area contributed by atoms with Crippen molar-refractivity contribution in [3.63, 3.8) is 0 Å². The van der Waals surface area contributed by atoms with Crippen LogP contribution in [0.25, 0.3) is 0 Å². The quantitative estimate of drug-likeness (QED) is 0.452. The highest BCUT2D eigenvalue weighted by Crippen LogP contribution is 2.53. The third kappa shape index (κ3) is 2.98. The summed E-state index contributed by atoms with van der Waals surface area (Å²) in [4.78, 5) is 28.8. The van der Waals surface area contributed by atoms with Crippen molar-refractivity contribution in [1.29, 1.82) is 0 Å². The molecule has 3 aliphatic rings. The Morgan fingerprint density at radius 1 is 1.18 bits per heavy atom. The summed E-state index contributed by atoms with van der Waals surface area (Å²) in [6, 6.07) is 1.08. The molecule has 182 valence electrons. The van der Waals surface area contributed by atoms with Crippen LogP contribution in [0.3, 0.4) is 0 Å². The van der Waals surface area contributed by atoms with Crippen LogP contribution in [-0.4, -0.2) is 62.6 Å². The topological polar surface area (TPSA) is 144 Å². The lowest BCUT2D eigenvalue weighted by molar-refractivity contribution is -0.146. The number of phenolic OH excluding ortho intramolecular Hbond substituents is 1. The zero-order valence-corrected chi connectivity index (χ0v) is 20.0. The Labute approximate surface area is 198 Å². The number of likely N-dealkylation sites (N-methyl/N-ethyl adjacent to an activating group) is 1. The van der Waals surface area contributed by atoms with E-state index in [0.717, 1.165) is 11.1 Å². The average molecular weight is 469 g/mol. The van der Waals surface area contributed by atoms with E-state index in [1.807, 2.05) is 19.9 Å². The second kappa shape index (κ2) is 7.99. The van der Waals surface area contributed by atoms with E-state index in [1.165, 1.54) is 0 Å². The normalized spacial score (nSPS) is 28.7. The molecule has 0 fully saturated rings. The van der Waals surface area contributed by atoms with Gasteiger partial charge in [0.25, 0.3) is 0 Å². The Hall–Kier alpha value is -3.10. The van der Waals surface area contributed by atoms with Crippen molar-refractivity contribution in [1.82, 2.24) is 4.90 Å². The van der Waals surface area contributed by atoms with E-state index in [0.29, 0.717) is 24.8 Å². The molecule has 0 radical (unpaired) electrons. The number of aromatic hydroxyl groups is 1. The minimum absolute atomic E-state index is 0.0638. The molecule has 0 bridgehead atoms. The summed E-state index contributed by atoms with van der Waals surface area (Å²) >= 11 is 0. The fourth-order valence-electron chi connectivity index (χ4n) is 6.11. The molecule has 34 heavy (non-hydrogen) atoms. The van der Waals surface area contributed by atoms with Gasteiger partial charge >= 0.3 is 0 Å². The van der Waals surface area contributed by atoms with Crippen LogP contribution in [0.5, 0.6) is 5.75 Å². The summed E-state index contributed by atoms with van der Waals surface area (Å²) in [6.07, 6.45) is 1.72. The maximum absolute atomic E-state index is 13.7. The van der Waals surface area contributed by atoms with Gasteiger partial charge in [0.15, 0.2) is 11.4 Å². The number of aryl methyl sites for hydroxylation is 2. The number of aliphatic hydroxyl groups is 3. The molecule has 4 rings (SSSR count). The van der Waals surface area contributed by atoms with Crippen LogP contribution in [0.2, 0.25) is 0 Å². The van der Waals surface area contributed by atoms with Crippen molar-refractivity contribution < 1.29 is 30.0 Å². The molecule has 0 aromatic heterocycles. The highest BCUT2D eigenvalue weighted by atomic mass is 16.3. The molecule has 0 spiro atoms. The molecule has 0 saturated heterocycles. The molecule has 0 amide bonds. The first-order valence-electron chi connectivity index (χ1n) is 11.6. The first kappa shape index (κ1) is 24.0. The van der Waals surface area contributed by atoms with E-state index in [-0.39, 0.29) is 40.3 Å². The van der Waals surface area contributed by atoms with E-state index >= 15 is 0 Å². The summed E-state index contributed by atoms with van der Waals surface area (Å²) in [6.45, 7) is 7.41. The molecular weight excluding hydrogens is 436 g/mol. The van der Waals surface area contributed by atoms with E-state index in [4.69, 9.17) is 5.73 Å². The predicted molar refractivity (Wildman–Crippen MR) is 127 cm³/mol. The smallest absolute Gasteiger partial charge is 0.208 e. The van der Waals surface area contributed by atoms with Crippen LogP contribution in [0.1, 0.15) is 47.3 Å². The number of nitrogens with zero attached hydrogens (tertiary/aromatic N) is 1. The molecule has 8 nitrogen and oxygen atoms in total. The number of benzene rings is 1. The van der Waals surface area contributed by atoms with Gasteiger partial charge in [-0.25, -0.2) is 0 Å². The number of hydrogen-bond donors (Lipinski definition) is 5. The van der Waals surface area contributed by atoms with Gasteiger partial charge in [0, 0.05) is 17.2 Å². The third-order valence-corrected chi connectivity index (χ3v) is 7.73. The number of phenols is 1. The minimum Gasteiger partial charge on any atom is -0.510 e. The van der Waals surface area contributed by atoms with Crippen LogP contribution in [0.15, 0.2) is 41.0 Å². The first-order chi connectivity index (χ1) is 15.9. The number of ketones is 2. The fraction of sp³-hybridized carbons (Fsp3) is 0.462. The zero-order chi connectivity index (χ0) is 25.3. The van der Waals surface area contributed by atoms with Gasteiger partial charge in [0.05, 0.1) is 17.2 Å². The zero-order valence-electron chi connectivity index (χ0n) is 20.0. The first-order valence-corrected chi connectivity index (χ1v) is 11.6. The maximum Gasteiger partial charge on any atom is 0.208 e. The maximum atomic E-state index is 13.7. The van der Waals surface area contributed by atoms with Gasteiger partial charge < -0.3 is 26.2 Å². The molecule has 0 saturated carbocycles. The van der Waals surface area contributed by atoms with Gasteiger partial charge in [-0.15, -0.1) is 0 Å². The Morgan fingerprint density at radius 3 is 2.32 bits per heavy atom. The fourth-order valence-corrected chi connectivity index (χ4v) is 6.11. The van der Waals surface area contributed by atoms with E-state index < -0.39 is 40.8 Å². The van der Waals surface area contributed by atoms with Crippen LogP contribution in [0, 0.1) is 11.8 Å². The van der Waals surface area contributed by atoms with Gasteiger partial charge in [0.2, 0.25) is 5.78 Å². The lowest BCUT2D eigenvalue weighted by atomic mass is 9.58. The number of aliphatic hydroxyl groups excluding tert-OH is 2. The third-order valence-electron chi connectivity index (χ3n) is 7.73. The summed E-state index contributed by atoms with van der Waals surface area (Å²) in [5.41, 5.74) is 5.12. The second-order valence-electron chi connectivity index (χ2n) is 9.73. The van der Waals surface area contributed by atoms with Gasteiger partial charge in [0.1, 0.15) is 17.3 Å². The molecule has 1 aromatic rings.